The molecule has 0 spiro atoms. The minimum absolute atomic E-state index is 0. The van der Waals surface area contributed by atoms with Gasteiger partial charge in [0.1, 0.15) is 0 Å². The normalized spacial score (nSPS) is 11.4. The summed E-state index contributed by atoms with van der Waals surface area (Å²) in [4.78, 5) is 0. The van der Waals surface area contributed by atoms with E-state index in [9.17, 15) is 25.9 Å². The third-order valence-corrected chi connectivity index (χ3v) is 5.48. The van der Waals surface area contributed by atoms with E-state index in [1.54, 1.807) is 0 Å². The van der Waals surface area contributed by atoms with Crippen molar-refractivity contribution in [2.45, 2.75) is 20.3 Å². The van der Waals surface area contributed by atoms with Crippen LogP contribution < -0.4 is 29.6 Å². The van der Waals surface area contributed by atoms with Crippen molar-refractivity contribution in [1.82, 2.24) is 0 Å². The van der Waals surface area contributed by atoms with Gasteiger partial charge in [-0.05, 0) is 12.8 Å². The van der Waals surface area contributed by atoms with E-state index in [1.165, 1.54) is 21.6 Å². The van der Waals surface area contributed by atoms with E-state index >= 15 is 0 Å². The number of hydrogen-bond acceptors (Lipinski definition) is 8. The van der Waals surface area contributed by atoms with Crippen LogP contribution in [-0.4, -0.2) is 49.0 Å². The van der Waals surface area contributed by atoms with Gasteiger partial charge in [-0.25, -0.2) is 16.8 Å². The van der Waals surface area contributed by atoms with E-state index in [0.717, 1.165) is 0 Å². The van der Waals surface area contributed by atoms with Crippen molar-refractivity contribution in [3.05, 3.63) is 0 Å². The monoisotopic (exact) mass is 347 g/mol. The van der Waals surface area contributed by atoms with E-state index in [2.05, 4.69) is 0 Å². The van der Waals surface area contributed by atoms with Crippen LogP contribution in [-0.2, 0) is 20.2 Å². The fraction of sp³-hybridized carbons (Fsp3) is 1.00. The van der Waals surface area contributed by atoms with Gasteiger partial charge in [0.25, 0.3) is 0 Å². The van der Waals surface area contributed by atoms with E-state index in [-0.39, 0.29) is 61.3 Å². The molecule has 0 saturated heterocycles. The van der Waals surface area contributed by atoms with Crippen LogP contribution in [0.4, 0.5) is 0 Å². The van der Waals surface area contributed by atoms with Gasteiger partial charge in [-0.15, -0.1) is 0 Å². The smallest absolute Gasteiger partial charge is 0.748 e. The Hall–Kier alpha value is 1.52. The van der Waals surface area contributed by atoms with Gasteiger partial charge in [0.15, 0.2) is 0 Å². The second-order valence-corrected chi connectivity index (χ2v) is 8.62. The number of hydrogen-bond donors (Lipinski definition) is 0. The van der Waals surface area contributed by atoms with Gasteiger partial charge in [-0.2, -0.15) is 0 Å². The molecular weight excluding hydrogens is 331 g/mol. The van der Waals surface area contributed by atoms with Crippen molar-refractivity contribution in [3.63, 3.8) is 0 Å². The average Bonchev–Trinajstić information content (AvgIpc) is 2.06. The van der Waals surface area contributed by atoms with Crippen LogP contribution in [0.3, 0.4) is 0 Å². The van der Waals surface area contributed by atoms with Crippen molar-refractivity contribution < 1.29 is 55.5 Å². The third-order valence-electron chi connectivity index (χ3n) is 1.33. The van der Waals surface area contributed by atoms with Crippen molar-refractivity contribution in [1.29, 1.82) is 0 Å². The summed E-state index contributed by atoms with van der Waals surface area (Å²) < 4.78 is 61.2. The van der Waals surface area contributed by atoms with E-state index in [0.29, 0.717) is 11.5 Å². The van der Waals surface area contributed by atoms with Crippen LogP contribution >= 0.6 is 21.6 Å². The van der Waals surface area contributed by atoms with Crippen LogP contribution in [0.2, 0.25) is 0 Å². The molecule has 0 rings (SSSR count). The second-order valence-electron chi connectivity index (χ2n) is 2.87. The Morgan fingerprint density at radius 1 is 0.778 bits per heavy atom. The molecule has 0 aromatic heterocycles. The maximum Gasteiger partial charge on any atom is 1.00 e. The SMILES string of the molecule is C.O=S(=O)([O-])CCCSSCCCS(=O)(=O)[O-].[Na+]. The van der Waals surface area contributed by atoms with Crippen LogP contribution in [0.1, 0.15) is 20.3 Å². The van der Waals surface area contributed by atoms with Crippen LogP contribution in [0.15, 0.2) is 0 Å². The third kappa shape index (κ3) is 22.7. The summed E-state index contributed by atoms with van der Waals surface area (Å²) in [5.41, 5.74) is 0. The van der Waals surface area contributed by atoms with Gasteiger partial charge in [-0.3, -0.25) is 0 Å². The topological polar surface area (TPSA) is 114 Å². The Bertz CT molecular complexity index is 341. The molecule has 0 aromatic rings. The summed E-state index contributed by atoms with van der Waals surface area (Å²) in [5, 5.41) is 0. The fourth-order valence-electron chi connectivity index (χ4n) is 0.707. The largest absolute Gasteiger partial charge is 1.00 e. The van der Waals surface area contributed by atoms with Gasteiger partial charge in [-0.1, -0.05) is 29.0 Å². The predicted octanol–water partition coefficient (Wildman–Crippen LogP) is -2.12. The van der Waals surface area contributed by atoms with Gasteiger partial charge in [0.2, 0.25) is 0 Å². The molecule has 0 aromatic carbocycles. The second kappa shape index (κ2) is 12.3. The first kappa shape index (κ1) is 24.5. The van der Waals surface area contributed by atoms with E-state index < -0.39 is 20.2 Å². The zero-order valence-corrected chi connectivity index (χ0v) is 14.6. The van der Waals surface area contributed by atoms with E-state index in [1.807, 2.05) is 0 Å². The van der Waals surface area contributed by atoms with Gasteiger partial charge in [0, 0.05) is 23.0 Å². The zero-order chi connectivity index (χ0) is 12.7. The molecule has 18 heavy (non-hydrogen) atoms. The molecule has 0 unspecified atom stereocenters. The molecule has 6 nitrogen and oxygen atoms in total. The predicted molar refractivity (Wildman–Crippen MR) is 70.0 cm³/mol. The fourth-order valence-corrected chi connectivity index (χ4v) is 4.24. The van der Waals surface area contributed by atoms with Crippen LogP contribution in [0.25, 0.3) is 0 Å². The Balaban J connectivity index is -0.00000112. The Labute approximate surface area is 139 Å². The first-order valence-corrected chi connectivity index (χ1v) is 9.96. The summed E-state index contributed by atoms with van der Waals surface area (Å²) in [6.45, 7) is 0. The van der Waals surface area contributed by atoms with Crippen LogP contribution in [0, 0.1) is 0 Å². The van der Waals surface area contributed by atoms with Crippen LogP contribution in [0.5, 0.6) is 0 Å². The molecule has 0 N–H and O–H groups in total. The quantitative estimate of drug-likeness (QED) is 0.201. The molecule has 0 saturated carbocycles. The summed E-state index contributed by atoms with van der Waals surface area (Å²) in [6.07, 6.45) is 0.562. The summed E-state index contributed by atoms with van der Waals surface area (Å²) in [6, 6.07) is 0. The average molecular weight is 347 g/mol. The first-order valence-electron chi connectivity index (χ1n) is 4.32. The van der Waals surface area contributed by atoms with Crippen molar-refractivity contribution in [3.8, 4) is 0 Å². The van der Waals surface area contributed by atoms with E-state index in [4.69, 9.17) is 0 Å². The first-order chi connectivity index (χ1) is 7.21. The van der Waals surface area contributed by atoms with Gasteiger partial charge >= 0.3 is 29.6 Å². The van der Waals surface area contributed by atoms with Crippen molar-refractivity contribution in [2.24, 2.45) is 0 Å². The maximum atomic E-state index is 10.2. The summed E-state index contributed by atoms with van der Waals surface area (Å²) >= 11 is 0. The van der Waals surface area contributed by atoms with Crippen molar-refractivity contribution in [2.75, 3.05) is 23.0 Å². The molecule has 0 heterocycles. The minimum Gasteiger partial charge on any atom is -0.748 e. The zero-order valence-electron chi connectivity index (χ0n) is 9.33. The van der Waals surface area contributed by atoms with Gasteiger partial charge < -0.3 is 9.11 Å². The summed E-state index contributed by atoms with van der Waals surface area (Å²) in [5.74, 6) is 0.261. The standard InChI is InChI=1S/C6H14O6S4.CH4.Na/c7-15(8,9)5-1-3-13-14-4-2-6-16(10,11)12;;/h1-6H2,(H,7,8,9)(H,10,11,12);1H4;/q;;+1/p-2. The molecule has 0 aliphatic rings. The molecule has 0 bridgehead atoms. The Kier molecular flexibility index (Phi) is 16.7. The number of rotatable bonds is 9. The minimum atomic E-state index is -4.13. The Morgan fingerprint density at radius 3 is 1.28 bits per heavy atom. The van der Waals surface area contributed by atoms with Crippen molar-refractivity contribution >= 4 is 41.8 Å². The molecule has 0 aliphatic carbocycles. The molecule has 0 fully saturated rings. The maximum absolute atomic E-state index is 10.2. The Morgan fingerprint density at radius 2 is 1.06 bits per heavy atom. The summed E-state index contributed by atoms with van der Waals surface area (Å²) in [7, 11) is -5.55. The molecule has 0 radical (unpaired) electrons. The molecule has 0 amide bonds. The molecule has 106 valence electrons. The molecular formula is C7H16NaO6S4-. The molecule has 11 heteroatoms. The molecule has 0 aliphatic heterocycles. The molecule has 0 atom stereocenters. The van der Waals surface area contributed by atoms with Gasteiger partial charge in [0.05, 0.1) is 20.2 Å².